The van der Waals surface area contributed by atoms with Crippen molar-refractivity contribution in [3.8, 4) is 101 Å². The van der Waals surface area contributed by atoms with Crippen molar-refractivity contribution >= 4 is 11.0 Å². The molecule has 0 saturated carbocycles. The monoisotopic (exact) mass is 1130 g/mol. The summed E-state index contributed by atoms with van der Waals surface area (Å²) in [5.74, 6) is 0.890. The standard InChI is InChI=1S/C68H56N3O.Pt/c1-67(2,3)53-43-58(65(72)59(44-53)68(4,5)6)66-70-64-57(34-22-36-62(64)71(66)61-35-20-19-31-54(61)46-25-13-8-14-26-46)50-39-51(60-42-49(37-38-69-60)45-23-11-7-12-24-45)41-52(40-50)63-55(47-27-15-9-16-28-47)32-21-33-56(63)48-29-17-10-18-30-48;/h7-38,40-44,72H,1-6H3;/q-1;. The molecule has 0 unspecified atom stereocenters. The van der Waals surface area contributed by atoms with Crippen LogP contribution in [0.3, 0.4) is 0 Å². The summed E-state index contributed by atoms with van der Waals surface area (Å²) < 4.78 is 2.25. The maximum absolute atomic E-state index is 12.6. The predicted octanol–water partition coefficient (Wildman–Crippen LogP) is 17.9. The van der Waals surface area contributed by atoms with Gasteiger partial charge in [-0.2, -0.15) is 0 Å². The van der Waals surface area contributed by atoms with Crippen molar-refractivity contribution in [1.82, 2.24) is 14.5 Å². The Labute approximate surface area is 444 Å². The van der Waals surface area contributed by atoms with E-state index >= 15 is 0 Å². The average molecular weight is 1130 g/mol. The summed E-state index contributed by atoms with van der Waals surface area (Å²) in [5.41, 5.74) is 19.2. The van der Waals surface area contributed by atoms with Crippen molar-refractivity contribution in [3.05, 3.63) is 242 Å². The number of pyridine rings is 1. The van der Waals surface area contributed by atoms with Gasteiger partial charge in [0.1, 0.15) is 11.6 Å². The molecule has 11 aromatic rings. The average Bonchev–Trinajstić information content (AvgIpc) is 3.80. The Morgan fingerprint density at radius 2 is 0.959 bits per heavy atom. The summed E-state index contributed by atoms with van der Waals surface area (Å²) >= 11 is 0. The molecule has 73 heavy (non-hydrogen) atoms. The van der Waals surface area contributed by atoms with Crippen molar-refractivity contribution in [2.45, 2.75) is 52.4 Å². The van der Waals surface area contributed by atoms with Crippen LogP contribution in [-0.4, -0.2) is 19.6 Å². The molecule has 2 aromatic heterocycles. The third-order valence-corrected chi connectivity index (χ3v) is 13.8. The van der Waals surface area contributed by atoms with Crippen molar-refractivity contribution in [3.63, 3.8) is 0 Å². The molecule has 5 heteroatoms. The van der Waals surface area contributed by atoms with E-state index in [2.05, 4.69) is 258 Å². The number of para-hydroxylation sites is 2. The summed E-state index contributed by atoms with van der Waals surface area (Å²) in [4.78, 5) is 10.8. The minimum atomic E-state index is -0.351. The molecule has 360 valence electrons. The molecule has 0 radical (unpaired) electrons. The van der Waals surface area contributed by atoms with Crippen LogP contribution >= 0.6 is 0 Å². The number of hydrogen-bond donors (Lipinski definition) is 1. The first-order valence-electron chi connectivity index (χ1n) is 24.8. The molecule has 0 aliphatic heterocycles. The van der Waals surface area contributed by atoms with Crippen LogP contribution in [0.1, 0.15) is 52.7 Å². The van der Waals surface area contributed by atoms with Crippen LogP contribution in [-0.2, 0) is 31.9 Å². The molecule has 0 amide bonds. The van der Waals surface area contributed by atoms with Gasteiger partial charge in [-0.3, -0.25) is 9.55 Å². The molecule has 2 heterocycles. The van der Waals surface area contributed by atoms with Gasteiger partial charge in [-0.15, -0.1) is 23.8 Å². The zero-order valence-corrected chi connectivity index (χ0v) is 44.2. The van der Waals surface area contributed by atoms with E-state index in [4.69, 9.17) is 9.97 Å². The van der Waals surface area contributed by atoms with Gasteiger partial charge < -0.3 is 5.11 Å². The number of hydrogen-bond acceptors (Lipinski definition) is 3. The van der Waals surface area contributed by atoms with E-state index in [-0.39, 0.29) is 37.6 Å². The van der Waals surface area contributed by atoms with Gasteiger partial charge in [-0.05, 0) is 85.2 Å². The Kier molecular flexibility index (Phi) is 13.3. The maximum atomic E-state index is 12.6. The van der Waals surface area contributed by atoms with Crippen LogP contribution in [0.4, 0.5) is 0 Å². The van der Waals surface area contributed by atoms with Gasteiger partial charge in [-0.1, -0.05) is 240 Å². The van der Waals surface area contributed by atoms with Gasteiger partial charge in [0.25, 0.3) is 0 Å². The second kappa shape index (κ2) is 19.9. The molecule has 11 rings (SSSR count). The van der Waals surface area contributed by atoms with E-state index in [0.29, 0.717) is 11.4 Å². The zero-order valence-electron chi connectivity index (χ0n) is 42.0. The van der Waals surface area contributed by atoms with Crippen molar-refractivity contribution in [2.24, 2.45) is 0 Å². The normalized spacial score (nSPS) is 11.6. The number of phenols is 1. The molecule has 0 aliphatic carbocycles. The number of aromatic hydroxyl groups is 1. The van der Waals surface area contributed by atoms with E-state index < -0.39 is 0 Å². The second-order valence-electron chi connectivity index (χ2n) is 20.7. The zero-order chi connectivity index (χ0) is 49.6. The Morgan fingerprint density at radius 1 is 0.438 bits per heavy atom. The van der Waals surface area contributed by atoms with Gasteiger partial charge >= 0.3 is 0 Å². The van der Waals surface area contributed by atoms with Crippen LogP contribution in [0.5, 0.6) is 5.75 Å². The summed E-state index contributed by atoms with van der Waals surface area (Å²) in [7, 11) is 0. The maximum Gasteiger partial charge on any atom is 0.148 e. The molecule has 0 spiro atoms. The molecule has 0 aliphatic rings. The number of phenolic OH excluding ortho intramolecular Hbond substituents is 1. The minimum Gasteiger partial charge on any atom is -0.507 e. The molecule has 0 fully saturated rings. The largest absolute Gasteiger partial charge is 0.507 e. The molecule has 0 bridgehead atoms. The molecule has 4 nitrogen and oxygen atoms in total. The van der Waals surface area contributed by atoms with Crippen LogP contribution in [0.25, 0.3) is 106 Å². The molecule has 9 aromatic carbocycles. The van der Waals surface area contributed by atoms with Crippen LogP contribution in [0, 0.1) is 6.07 Å². The Bertz CT molecular complexity index is 3700. The molecule has 1 N–H and O–H groups in total. The third-order valence-electron chi connectivity index (χ3n) is 13.8. The Morgan fingerprint density at radius 3 is 1.56 bits per heavy atom. The van der Waals surface area contributed by atoms with E-state index in [1.165, 1.54) is 0 Å². The van der Waals surface area contributed by atoms with E-state index in [1.54, 1.807) is 0 Å². The topological polar surface area (TPSA) is 50.9 Å². The van der Waals surface area contributed by atoms with Crippen LogP contribution < -0.4 is 0 Å². The quantitative estimate of drug-likeness (QED) is 0.147. The fourth-order valence-electron chi connectivity index (χ4n) is 10.0. The number of fused-ring (bicyclic) bond motifs is 1. The van der Waals surface area contributed by atoms with Crippen molar-refractivity contribution in [1.29, 1.82) is 0 Å². The number of rotatable bonds is 9. The number of aromatic nitrogens is 3. The van der Waals surface area contributed by atoms with Gasteiger partial charge in [0.2, 0.25) is 0 Å². The van der Waals surface area contributed by atoms with E-state index in [1.807, 2.05) is 18.3 Å². The van der Waals surface area contributed by atoms with Gasteiger partial charge in [-0.25, -0.2) is 4.98 Å². The predicted molar refractivity (Wildman–Crippen MR) is 300 cm³/mol. The Balaban J connectivity index is 0.00000611. The Hall–Kier alpha value is -7.91. The van der Waals surface area contributed by atoms with Gasteiger partial charge in [0.15, 0.2) is 0 Å². The molecule has 0 saturated heterocycles. The van der Waals surface area contributed by atoms with E-state index in [0.717, 1.165) is 106 Å². The van der Waals surface area contributed by atoms with Crippen molar-refractivity contribution < 1.29 is 26.2 Å². The van der Waals surface area contributed by atoms with Gasteiger partial charge in [0, 0.05) is 44.1 Å². The first kappa shape index (κ1) is 48.7. The summed E-state index contributed by atoms with van der Waals surface area (Å²) in [6.45, 7) is 13.2. The van der Waals surface area contributed by atoms with Crippen LogP contribution in [0.2, 0.25) is 0 Å². The third kappa shape index (κ3) is 9.52. The summed E-state index contributed by atoms with van der Waals surface area (Å²) in [6.07, 6.45) is 1.90. The summed E-state index contributed by atoms with van der Waals surface area (Å²) in [5, 5.41) is 12.6. The number of benzene rings is 9. The number of imidazole rings is 1. The van der Waals surface area contributed by atoms with E-state index in [9.17, 15) is 5.11 Å². The first-order valence-corrected chi connectivity index (χ1v) is 24.8. The smallest absolute Gasteiger partial charge is 0.148 e. The minimum absolute atomic E-state index is 0. The first-order chi connectivity index (χ1) is 34.9. The SMILES string of the molecule is CC(C)(C)c1cc(-c2nc3c(-c4[c-]c(-c5cc(-c6ccccc6)ccn5)cc(-c5c(-c6ccccc6)cccc5-c5ccccc5)c4)cccc3n2-c2ccccc2-c2ccccc2)c(O)c(C(C)(C)C)c1.[Pt]. The second-order valence-corrected chi connectivity index (χ2v) is 20.7. The fourth-order valence-corrected chi connectivity index (χ4v) is 10.0. The molecular formula is C68H56N3OPt-. The number of nitrogens with zero attached hydrogens (tertiary/aromatic N) is 3. The summed E-state index contributed by atoms with van der Waals surface area (Å²) in [6, 6.07) is 80.8. The fraction of sp³-hybridized carbons (Fsp3) is 0.118. The van der Waals surface area contributed by atoms with Crippen molar-refractivity contribution in [2.75, 3.05) is 0 Å². The van der Waals surface area contributed by atoms with Crippen LogP contribution in [0.15, 0.2) is 225 Å². The molecular weight excluding hydrogens is 1070 g/mol. The van der Waals surface area contributed by atoms with Gasteiger partial charge in [0.05, 0.1) is 22.3 Å². The molecule has 0 atom stereocenters.